The Morgan fingerprint density at radius 1 is 1.00 bits per heavy atom. The normalized spacial score (nSPS) is 11.6. The maximum Gasteiger partial charge on any atom is 0.165 e. The fraction of sp³-hybridized carbons (Fsp3) is 0.217. The summed E-state index contributed by atoms with van der Waals surface area (Å²) in [5.74, 6) is 1.61. The molecule has 0 atom stereocenters. The molecule has 0 radical (unpaired) electrons. The van der Waals surface area contributed by atoms with Crippen LogP contribution in [0.5, 0.6) is 5.75 Å². The summed E-state index contributed by atoms with van der Waals surface area (Å²) in [5.41, 5.74) is 4.31. The fourth-order valence-corrected chi connectivity index (χ4v) is 3.39. The van der Waals surface area contributed by atoms with Gasteiger partial charge in [-0.05, 0) is 18.2 Å². The summed E-state index contributed by atoms with van der Waals surface area (Å²) in [7, 11) is 1.66. The van der Waals surface area contributed by atoms with Crippen LogP contribution in [-0.4, -0.2) is 21.7 Å². The molecule has 4 rings (SSSR count). The number of ether oxygens (including phenoxy) is 1. The van der Waals surface area contributed by atoms with Gasteiger partial charge < -0.3 is 10.1 Å². The van der Waals surface area contributed by atoms with Gasteiger partial charge in [0, 0.05) is 39.4 Å². The Balaban J connectivity index is 1.91. The molecule has 2 aromatic carbocycles. The van der Waals surface area contributed by atoms with Crippen LogP contribution in [0, 0.1) is 0 Å². The number of nitrogens with one attached hydrogen (secondary N) is 1. The first-order valence-corrected chi connectivity index (χ1v) is 9.80. The van der Waals surface area contributed by atoms with Gasteiger partial charge >= 0.3 is 0 Å². The molecule has 0 amide bonds. The van der Waals surface area contributed by atoms with Crippen molar-refractivity contribution in [1.29, 1.82) is 0 Å². The van der Waals surface area contributed by atoms with Crippen LogP contribution in [0.1, 0.15) is 26.5 Å². The van der Waals surface area contributed by atoms with Crippen LogP contribution in [0.15, 0.2) is 60.8 Å². The molecule has 0 saturated heterocycles. The maximum atomic E-state index is 6.45. The number of fused-ring (bicyclic) bond motifs is 1. The zero-order chi connectivity index (χ0) is 20.6. The van der Waals surface area contributed by atoms with E-state index in [1.54, 1.807) is 7.11 Å². The second-order valence-corrected chi connectivity index (χ2v) is 8.31. The summed E-state index contributed by atoms with van der Waals surface area (Å²) in [4.78, 5) is 4.94. The standard InChI is InChI=1S/C23H23ClN4O/c1-23(2,3)20-13-21(26-15-8-7-9-16(12-15)29-4)28-22(27-20)18(14-25-28)17-10-5-6-11-19(17)24/h5-14,26H,1-4H3. The molecule has 1 N–H and O–H groups in total. The third-order valence-corrected chi connectivity index (χ3v) is 5.08. The first-order chi connectivity index (χ1) is 13.9. The first-order valence-electron chi connectivity index (χ1n) is 9.42. The van der Waals surface area contributed by atoms with Crippen molar-refractivity contribution in [3.8, 4) is 16.9 Å². The van der Waals surface area contributed by atoms with Crippen LogP contribution < -0.4 is 10.1 Å². The van der Waals surface area contributed by atoms with E-state index in [4.69, 9.17) is 21.3 Å². The van der Waals surface area contributed by atoms with Crippen molar-refractivity contribution < 1.29 is 4.74 Å². The minimum atomic E-state index is -0.130. The highest BCUT2D eigenvalue weighted by Gasteiger charge is 2.21. The van der Waals surface area contributed by atoms with Crippen LogP contribution in [0.3, 0.4) is 0 Å². The molecule has 0 unspecified atom stereocenters. The lowest BCUT2D eigenvalue weighted by Gasteiger charge is -2.20. The number of rotatable bonds is 4. The van der Waals surface area contributed by atoms with Gasteiger partial charge in [0.25, 0.3) is 0 Å². The summed E-state index contributed by atoms with van der Waals surface area (Å²) >= 11 is 6.45. The van der Waals surface area contributed by atoms with Crippen molar-refractivity contribution in [3.63, 3.8) is 0 Å². The van der Waals surface area contributed by atoms with Gasteiger partial charge in [-0.25, -0.2) is 4.98 Å². The third-order valence-electron chi connectivity index (χ3n) is 4.75. The second-order valence-electron chi connectivity index (χ2n) is 7.91. The van der Waals surface area contributed by atoms with E-state index in [1.807, 2.05) is 65.3 Å². The monoisotopic (exact) mass is 406 g/mol. The Morgan fingerprint density at radius 3 is 2.52 bits per heavy atom. The van der Waals surface area contributed by atoms with Gasteiger partial charge in [-0.3, -0.25) is 0 Å². The van der Waals surface area contributed by atoms with Gasteiger partial charge in [0.1, 0.15) is 11.6 Å². The summed E-state index contributed by atoms with van der Waals surface area (Å²) in [6, 6.07) is 17.6. The molecule has 0 aliphatic carbocycles. The van der Waals surface area contributed by atoms with Gasteiger partial charge in [-0.15, -0.1) is 0 Å². The van der Waals surface area contributed by atoms with Crippen LogP contribution in [0.4, 0.5) is 11.5 Å². The molecular weight excluding hydrogens is 384 g/mol. The number of nitrogens with zero attached hydrogens (tertiary/aromatic N) is 3. The Labute approximate surface area is 175 Å². The van der Waals surface area contributed by atoms with E-state index in [9.17, 15) is 0 Å². The van der Waals surface area contributed by atoms with Gasteiger partial charge in [-0.2, -0.15) is 9.61 Å². The minimum absolute atomic E-state index is 0.130. The summed E-state index contributed by atoms with van der Waals surface area (Å²) < 4.78 is 7.16. The topological polar surface area (TPSA) is 51.5 Å². The van der Waals surface area contributed by atoms with Gasteiger partial charge in [0.2, 0.25) is 0 Å². The van der Waals surface area contributed by atoms with E-state index in [0.29, 0.717) is 5.02 Å². The molecule has 0 saturated carbocycles. The Morgan fingerprint density at radius 2 is 1.79 bits per heavy atom. The summed E-state index contributed by atoms with van der Waals surface area (Å²) in [5, 5.41) is 8.73. The SMILES string of the molecule is COc1cccc(Nc2cc(C(C)(C)C)nc3c(-c4ccccc4Cl)cnn23)c1. The van der Waals surface area contributed by atoms with Crippen molar-refractivity contribution in [1.82, 2.24) is 14.6 Å². The number of hydrogen-bond donors (Lipinski definition) is 1. The van der Waals surface area contributed by atoms with Crippen LogP contribution in [0.25, 0.3) is 16.8 Å². The Kier molecular flexibility index (Phi) is 4.92. The average Bonchev–Trinajstić information content (AvgIpc) is 3.12. The van der Waals surface area contributed by atoms with Crippen LogP contribution in [0.2, 0.25) is 5.02 Å². The molecule has 2 aromatic heterocycles. The zero-order valence-corrected chi connectivity index (χ0v) is 17.7. The van der Waals surface area contributed by atoms with Crippen molar-refractivity contribution in [3.05, 3.63) is 71.5 Å². The van der Waals surface area contributed by atoms with E-state index >= 15 is 0 Å². The predicted molar refractivity (Wildman–Crippen MR) is 118 cm³/mol. The molecule has 0 spiro atoms. The molecule has 5 nitrogen and oxygen atoms in total. The molecule has 4 aromatic rings. The number of anilines is 2. The highest BCUT2D eigenvalue weighted by Crippen LogP contribution is 2.34. The first kappa shape index (κ1) is 19.3. The number of halogens is 1. The third kappa shape index (κ3) is 3.78. The van der Waals surface area contributed by atoms with Gasteiger partial charge in [0.05, 0.1) is 19.0 Å². The second kappa shape index (κ2) is 7.41. The van der Waals surface area contributed by atoms with Crippen LogP contribution >= 0.6 is 11.6 Å². The smallest absolute Gasteiger partial charge is 0.165 e. The van der Waals surface area contributed by atoms with E-state index in [1.165, 1.54) is 0 Å². The van der Waals surface area contributed by atoms with E-state index in [-0.39, 0.29) is 5.41 Å². The van der Waals surface area contributed by atoms with Crippen molar-refractivity contribution in [2.45, 2.75) is 26.2 Å². The zero-order valence-electron chi connectivity index (χ0n) is 16.9. The minimum Gasteiger partial charge on any atom is -0.497 e. The van der Waals surface area contributed by atoms with E-state index in [2.05, 4.69) is 31.2 Å². The number of benzene rings is 2. The molecule has 0 bridgehead atoms. The van der Waals surface area contributed by atoms with Crippen molar-refractivity contribution in [2.75, 3.05) is 12.4 Å². The predicted octanol–water partition coefficient (Wildman–Crippen LogP) is 6.10. The number of methoxy groups -OCH3 is 1. The highest BCUT2D eigenvalue weighted by atomic mass is 35.5. The van der Waals surface area contributed by atoms with E-state index in [0.717, 1.165) is 39.7 Å². The molecule has 6 heteroatoms. The fourth-order valence-electron chi connectivity index (χ4n) is 3.15. The van der Waals surface area contributed by atoms with Crippen LogP contribution in [-0.2, 0) is 5.41 Å². The maximum absolute atomic E-state index is 6.45. The van der Waals surface area contributed by atoms with Gasteiger partial charge in [0.15, 0.2) is 5.65 Å². The molecule has 29 heavy (non-hydrogen) atoms. The Bertz CT molecular complexity index is 1180. The lowest BCUT2D eigenvalue weighted by molar-refractivity contribution is 0.415. The summed E-state index contributed by atoms with van der Waals surface area (Å²) in [6.07, 6.45) is 1.81. The number of aromatic nitrogens is 3. The van der Waals surface area contributed by atoms with Crippen molar-refractivity contribution in [2.24, 2.45) is 0 Å². The largest absolute Gasteiger partial charge is 0.497 e. The highest BCUT2D eigenvalue weighted by molar-refractivity contribution is 6.33. The van der Waals surface area contributed by atoms with Crippen molar-refractivity contribution >= 4 is 28.8 Å². The van der Waals surface area contributed by atoms with E-state index < -0.39 is 0 Å². The van der Waals surface area contributed by atoms with Gasteiger partial charge in [-0.1, -0.05) is 56.6 Å². The molecule has 0 aliphatic rings. The lowest BCUT2D eigenvalue weighted by Crippen LogP contribution is -2.16. The molecule has 2 heterocycles. The molecule has 0 aliphatic heterocycles. The average molecular weight is 407 g/mol. The molecule has 148 valence electrons. The summed E-state index contributed by atoms with van der Waals surface area (Å²) in [6.45, 7) is 6.44. The lowest BCUT2D eigenvalue weighted by atomic mass is 9.92. The number of hydrogen-bond acceptors (Lipinski definition) is 4. The quantitative estimate of drug-likeness (QED) is 0.445. The Hall–Kier alpha value is -3.05. The molecular formula is C23H23ClN4O. The molecule has 0 fully saturated rings.